The lowest BCUT2D eigenvalue weighted by molar-refractivity contribution is 0.0880. The molecular formula is C20H25BrN4O4. The zero-order valence-corrected chi connectivity index (χ0v) is 18.2. The second kappa shape index (κ2) is 9.32. The molecule has 1 atom stereocenters. The third-order valence-electron chi connectivity index (χ3n) is 4.40. The predicted octanol–water partition coefficient (Wildman–Crippen LogP) is 3.01. The number of hydrogen-bond donors (Lipinski definition) is 2. The number of methoxy groups -OCH3 is 1. The van der Waals surface area contributed by atoms with Crippen LogP contribution in [0.4, 0.5) is 5.69 Å². The van der Waals surface area contributed by atoms with Crippen LogP contribution in [-0.4, -0.2) is 60.8 Å². The SMILES string of the molecule is COc1cc(NC(=O)c2cc(Br)cn2N=CN(C)C)ccc1OCC(O)C1CC1. The Bertz CT molecular complexity index is 893. The van der Waals surface area contributed by atoms with Crippen molar-refractivity contribution < 1.29 is 19.4 Å². The summed E-state index contributed by atoms with van der Waals surface area (Å²) in [5.41, 5.74) is 0.934. The Balaban J connectivity index is 1.70. The van der Waals surface area contributed by atoms with Gasteiger partial charge in [0.2, 0.25) is 0 Å². The van der Waals surface area contributed by atoms with Gasteiger partial charge in [-0.25, -0.2) is 4.68 Å². The fourth-order valence-electron chi connectivity index (χ4n) is 2.70. The number of hydrogen-bond acceptors (Lipinski definition) is 5. The minimum Gasteiger partial charge on any atom is -0.493 e. The molecule has 8 nitrogen and oxygen atoms in total. The van der Waals surface area contributed by atoms with Crippen LogP contribution in [0.3, 0.4) is 0 Å². The fourth-order valence-corrected chi connectivity index (χ4v) is 3.11. The molecule has 2 N–H and O–H groups in total. The Morgan fingerprint density at radius 2 is 2.17 bits per heavy atom. The maximum absolute atomic E-state index is 12.7. The molecule has 0 aliphatic heterocycles. The lowest BCUT2D eigenvalue weighted by Gasteiger charge is -2.15. The maximum atomic E-state index is 12.7. The van der Waals surface area contributed by atoms with E-state index >= 15 is 0 Å². The van der Waals surface area contributed by atoms with E-state index in [0.29, 0.717) is 28.8 Å². The normalized spacial score (nSPS) is 14.7. The van der Waals surface area contributed by atoms with E-state index in [9.17, 15) is 9.90 Å². The highest BCUT2D eigenvalue weighted by molar-refractivity contribution is 9.10. The molecule has 0 spiro atoms. The first kappa shape index (κ1) is 21.2. The molecule has 0 bridgehead atoms. The average Bonchev–Trinajstić information content (AvgIpc) is 3.47. The van der Waals surface area contributed by atoms with Gasteiger partial charge in [0.1, 0.15) is 18.6 Å². The van der Waals surface area contributed by atoms with Crippen molar-refractivity contribution in [2.75, 3.05) is 33.1 Å². The minimum absolute atomic E-state index is 0.220. The molecule has 0 radical (unpaired) electrons. The van der Waals surface area contributed by atoms with Crippen LogP contribution >= 0.6 is 15.9 Å². The van der Waals surface area contributed by atoms with Crippen LogP contribution < -0.4 is 14.8 Å². The molecule has 1 aromatic heterocycles. The second-order valence-corrected chi connectivity index (χ2v) is 8.03. The van der Waals surface area contributed by atoms with Crippen LogP contribution in [0.2, 0.25) is 0 Å². The zero-order valence-electron chi connectivity index (χ0n) is 16.6. The van der Waals surface area contributed by atoms with E-state index in [1.807, 2.05) is 14.1 Å². The summed E-state index contributed by atoms with van der Waals surface area (Å²) in [7, 11) is 5.23. The molecule has 3 rings (SSSR count). The van der Waals surface area contributed by atoms with Gasteiger partial charge in [0.15, 0.2) is 11.5 Å². The minimum atomic E-state index is -0.465. The van der Waals surface area contributed by atoms with E-state index in [1.165, 1.54) is 11.8 Å². The van der Waals surface area contributed by atoms with Crippen LogP contribution in [0.1, 0.15) is 23.3 Å². The Morgan fingerprint density at radius 1 is 1.41 bits per heavy atom. The van der Waals surface area contributed by atoms with Gasteiger partial charge in [0.05, 0.1) is 13.2 Å². The lowest BCUT2D eigenvalue weighted by atomic mass is 10.2. The molecule has 1 fully saturated rings. The van der Waals surface area contributed by atoms with Gasteiger partial charge in [-0.3, -0.25) is 4.79 Å². The summed E-state index contributed by atoms with van der Waals surface area (Å²) in [4.78, 5) is 14.5. The van der Waals surface area contributed by atoms with Crippen LogP contribution in [0.25, 0.3) is 0 Å². The Morgan fingerprint density at radius 3 is 2.83 bits per heavy atom. The molecular weight excluding hydrogens is 440 g/mol. The smallest absolute Gasteiger partial charge is 0.274 e. The van der Waals surface area contributed by atoms with Crippen LogP contribution in [-0.2, 0) is 0 Å². The third-order valence-corrected chi connectivity index (χ3v) is 4.84. The van der Waals surface area contributed by atoms with Gasteiger partial charge in [0.25, 0.3) is 5.91 Å². The average molecular weight is 465 g/mol. The predicted molar refractivity (Wildman–Crippen MR) is 115 cm³/mol. The standard InChI is InChI=1S/C20H25BrN4O4/c1-24(2)12-22-25-10-14(21)8-16(25)20(27)23-15-6-7-18(19(9-15)28-3)29-11-17(26)13-4-5-13/h6-10,12-13,17,26H,4-5,11H2,1-3H3,(H,23,27). The molecule has 156 valence electrons. The lowest BCUT2D eigenvalue weighted by Crippen LogP contribution is -2.19. The number of nitrogens with zero attached hydrogens (tertiary/aromatic N) is 3. The first-order valence-electron chi connectivity index (χ1n) is 9.26. The Kier molecular flexibility index (Phi) is 6.81. The second-order valence-electron chi connectivity index (χ2n) is 7.12. The number of anilines is 1. The number of aliphatic hydroxyl groups is 1. The third kappa shape index (κ3) is 5.74. The van der Waals surface area contributed by atoms with Crippen molar-refractivity contribution in [1.29, 1.82) is 0 Å². The zero-order chi connectivity index (χ0) is 21.0. The van der Waals surface area contributed by atoms with Gasteiger partial charge < -0.3 is 24.8 Å². The summed E-state index contributed by atoms with van der Waals surface area (Å²) in [6, 6.07) is 6.82. The van der Waals surface area contributed by atoms with Crippen LogP contribution in [0.15, 0.2) is 40.0 Å². The highest BCUT2D eigenvalue weighted by Gasteiger charge is 2.30. The molecule has 0 saturated heterocycles. The van der Waals surface area contributed by atoms with Crippen molar-refractivity contribution >= 4 is 33.9 Å². The number of carbonyl (C=O) groups excluding carboxylic acids is 1. The number of ether oxygens (including phenoxy) is 2. The molecule has 1 aromatic carbocycles. The number of aromatic nitrogens is 1. The number of aliphatic hydroxyl groups excluding tert-OH is 1. The number of rotatable bonds is 9. The first-order chi connectivity index (χ1) is 13.9. The number of nitrogens with one attached hydrogen (secondary N) is 1. The summed E-state index contributed by atoms with van der Waals surface area (Å²) in [6.45, 7) is 0.220. The molecule has 1 amide bonds. The van der Waals surface area contributed by atoms with Gasteiger partial charge in [-0.15, -0.1) is 0 Å². The fraction of sp³-hybridized carbons (Fsp3) is 0.400. The van der Waals surface area contributed by atoms with Crippen molar-refractivity contribution in [3.05, 3.63) is 40.6 Å². The van der Waals surface area contributed by atoms with E-state index in [2.05, 4.69) is 26.3 Å². The van der Waals surface area contributed by atoms with Crippen molar-refractivity contribution in [3.8, 4) is 11.5 Å². The molecule has 2 aromatic rings. The van der Waals surface area contributed by atoms with E-state index in [1.54, 1.807) is 41.7 Å². The molecule has 29 heavy (non-hydrogen) atoms. The molecule has 1 aliphatic rings. The highest BCUT2D eigenvalue weighted by atomic mass is 79.9. The number of halogens is 1. The van der Waals surface area contributed by atoms with Crippen molar-refractivity contribution in [2.24, 2.45) is 11.0 Å². The van der Waals surface area contributed by atoms with Gasteiger partial charge in [-0.05, 0) is 52.9 Å². The maximum Gasteiger partial charge on any atom is 0.274 e. The van der Waals surface area contributed by atoms with Gasteiger partial charge in [0, 0.05) is 36.5 Å². The van der Waals surface area contributed by atoms with Gasteiger partial charge in [-0.2, -0.15) is 5.10 Å². The summed E-state index contributed by atoms with van der Waals surface area (Å²) < 4.78 is 13.3. The molecule has 1 saturated carbocycles. The molecule has 9 heteroatoms. The van der Waals surface area contributed by atoms with Crippen molar-refractivity contribution in [3.63, 3.8) is 0 Å². The summed E-state index contributed by atoms with van der Waals surface area (Å²) in [5, 5.41) is 17.1. The molecule has 1 aliphatic carbocycles. The van der Waals surface area contributed by atoms with Crippen molar-refractivity contribution in [1.82, 2.24) is 9.58 Å². The monoisotopic (exact) mass is 464 g/mol. The quantitative estimate of drug-likeness (QED) is 0.439. The summed E-state index contributed by atoms with van der Waals surface area (Å²) >= 11 is 3.37. The van der Waals surface area contributed by atoms with Crippen LogP contribution in [0.5, 0.6) is 11.5 Å². The van der Waals surface area contributed by atoms with Gasteiger partial charge in [-0.1, -0.05) is 0 Å². The number of carbonyl (C=O) groups is 1. The van der Waals surface area contributed by atoms with E-state index in [-0.39, 0.29) is 12.5 Å². The van der Waals surface area contributed by atoms with E-state index < -0.39 is 6.10 Å². The van der Waals surface area contributed by atoms with Crippen LogP contribution in [0, 0.1) is 5.92 Å². The number of amides is 1. The van der Waals surface area contributed by atoms with Gasteiger partial charge >= 0.3 is 0 Å². The van der Waals surface area contributed by atoms with Crippen molar-refractivity contribution in [2.45, 2.75) is 18.9 Å². The largest absolute Gasteiger partial charge is 0.493 e. The first-order valence-corrected chi connectivity index (χ1v) is 10.1. The van der Waals surface area contributed by atoms with E-state index in [4.69, 9.17) is 9.47 Å². The molecule has 1 heterocycles. The summed E-state index contributed by atoms with van der Waals surface area (Å²) in [5.74, 6) is 1.02. The Hall–Kier alpha value is -2.52. The number of benzene rings is 1. The highest BCUT2D eigenvalue weighted by Crippen LogP contribution is 2.34. The molecule has 1 unspecified atom stereocenters. The van der Waals surface area contributed by atoms with E-state index in [0.717, 1.165) is 17.3 Å². The Labute approximate surface area is 178 Å². The topological polar surface area (TPSA) is 88.3 Å². The summed E-state index contributed by atoms with van der Waals surface area (Å²) in [6.07, 6.45) is 4.94.